The molecule has 0 aliphatic carbocycles. The van der Waals surface area contributed by atoms with Crippen molar-refractivity contribution in [3.8, 4) is 5.88 Å². The summed E-state index contributed by atoms with van der Waals surface area (Å²) < 4.78 is 10.7. The first-order chi connectivity index (χ1) is 6.51. The van der Waals surface area contributed by atoms with Crippen molar-refractivity contribution in [2.45, 2.75) is 33.0 Å². The summed E-state index contributed by atoms with van der Waals surface area (Å²) in [6.45, 7) is 6.69. The molecule has 1 aromatic heterocycles. The van der Waals surface area contributed by atoms with Crippen LogP contribution in [0.15, 0.2) is 18.3 Å². The third-order valence-corrected chi connectivity index (χ3v) is 1.68. The molecule has 0 radical (unpaired) electrons. The second-order valence-electron chi connectivity index (χ2n) is 4.11. The van der Waals surface area contributed by atoms with E-state index in [1.165, 1.54) is 0 Å². The molecule has 0 aromatic carbocycles. The molecule has 0 N–H and O–H groups in total. The average Bonchev–Trinajstić information content (AvgIpc) is 2.14. The zero-order chi connectivity index (χ0) is 10.6. The molecule has 1 rings (SSSR count). The number of hydrogen-bond donors (Lipinski definition) is 0. The van der Waals surface area contributed by atoms with Crippen molar-refractivity contribution in [1.82, 2.24) is 4.98 Å². The lowest BCUT2D eigenvalue weighted by atomic mass is 10.2. The van der Waals surface area contributed by atoms with Gasteiger partial charge in [0.2, 0.25) is 5.88 Å². The van der Waals surface area contributed by atoms with Gasteiger partial charge in [-0.25, -0.2) is 4.98 Å². The van der Waals surface area contributed by atoms with E-state index in [2.05, 4.69) is 4.98 Å². The van der Waals surface area contributed by atoms with Gasteiger partial charge in [0, 0.05) is 12.3 Å². The molecule has 14 heavy (non-hydrogen) atoms. The highest BCUT2D eigenvalue weighted by atomic mass is 16.5. The molecule has 3 nitrogen and oxygen atoms in total. The largest absolute Gasteiger partial charge is 0.481 e. The first-order valence-electron chi connectivity index (χ1n) is 4.64. The third kappa shape index (κ3) is 3.75. The van der Waals surface area contributed by atoms with E-state index in [1.807, 2.05) is 32.9 Å². The number of nitrogens with zero attached hydrogens (tertiary/aromatic N) is 1. The Balaban J connectivity index is 2.59. The fraction of sp³-hybridized carbons (Fsp3) is 0.545. The van der Waals surface area contributed by atoms with Crippen LogP contribution in [0.25, 0.3) is 0 Å². The van der Waals surface area contributed by atoms with Crippen molar-refractivity contribution in [2.24, 2.45) is 0 Å². The lowest BCUT2D eigenvalue weighted by Gasteiger charge is -2.19. The predicted molar refractivity (Wildman–Crippen MR) is 55.3 cm³/mol. The number of ether oxygens (including phenoxy) is 2. The quantitative estimate of drug-likeness (QED) is 0.742. The summed E-state index contributed by atoms with van der Waals surface area (Å²) >= 11 is 0. The topological polar surface area (TPSA) is 31.4 Å². The Kier molecular flexibility index (Phi) is 3.47. The van der Waals surface area contributed by atoms with Crippen LogP contribution in [0.2, 0.25) is 0 Å². The van der Waals surface area contributed by atoms with E-state index in [0.29, 0.717) is 12.5 Å². The number of methoxy groups -OCH3 is 1. The number of rotatable bonds is 3. The second-order valence-corrected chi connectivity index (χ2v) is 4.11. The Morgan fingerprint density at radius 1 is 1.36 bits per heavy atom. The minimum Gasteiger partial charge on any atom is -0.481 e. The van der Waals surface area contributed by atoms with Gasteiger partial charge in [0.15, 0.2) is 0 Å². The molecule has 78 valence electrons. The van der Waals surface area contributed by atoms with Crippen molar-refractivity contribution in [1.29, 1.82) is 0 Å². The summed E-state index contributed by atoms with van der Waals surface area (Å²) in [7, 11) is 1.61. The highest BCUT2D eigenvalue weighted by molar-refractivity contribution is 5.19. The minimum atomic E-state index is -0.115. The molecule has 1 heterocycles. The molecule has 0 fully saturated rings. The summed E-state index contributed by atoms with van der Waals surface area (Å²) in [6.07, 6.45) is 1.72. The van der Waals surface area contributed by atoms with Crippen LogP contribution in [0.3, 0.4) is 0 Å². The van der Waals surface area contributed by atoms with Gasteiger partial charge >= 0.3 is 0 Å². The number of hydrogen-bond acceptors (Lipinski definition) is 3. The summed E-state index contributed by atoms with van der Waals surface area (Å²) in [5.74, 6) is 0.625. The molecular weight excluding hydrogens is 178 g/mol. The predicted octanol–water partition coefficient (Wildman–Crippen LogP) is 2.41. The van der Waals surface area contributed by atoms with Gasteiger partial charge in [-0.1, -0.05) is 0 Å². The van der Waals surface area contributed by atoms with Gasteiger partial charge in [0.05, 0.1) is 19.3 Å². The maximum Gasteiger partial charge on any atom is 0.213 e. The fourth-order valence-electron chi connectivity index (χ4n) is 0.952. The Labute approximate surface area is 85.1 Å². The van der Waals surface area contributed by atoms with Crippen molar-refractivity contribution in [2.75, 3.05) is 7.11 Å². The van der Waals surface area contributed by atoms with E-state index in [0.717, 1.165) is 5.56 Å². The first-order valence-corrected chi connectivity index (χ1v) is 4.64. The molecule has 0 atom stereocenters. The zero-order valence-electron chi connectivity index (χ0n) is 9.20. The second kappa shape index (κ2) is 4.42. The Hall–Kier alpha value is -1.09. The first kappa shape index (κ1) is 11.0. The zero-order valence-corrected chi connectivity index (χ0v) is 9.20. The van der Waals surface area contributed by atoms with E-state index >= 15 is 0 Å². The van der Waals surface area contributed by atoms with Crippen molar-refractivity contribution in [3.63, 3.8) is 0 Å². The molecule has 3 heteroatoms. The van der Waals surface area contributed by atoms with Crippen LogP contribution in [-0.2, 0) is 11.3 Å². The molecule has 0 aliphatic heterocycles. The SMILES string of the molecule is COc1cc(COC(C)(C)C)ccn1. The van der Waals surface area contributed by atoms with Crippen LogP contribution < -0.4 is 4.74 Å². The lowest BCUT2D eigenvalue weighted by Crippen LogP contribution is -2.18. The van der Waals surface area contributed by atoms with E-state index in [9.17, 15) is 0 Å². The minimum absolute atomic E-state index is 0.115. The van der Waals surface area contributed by atoms with Gasteiger partial charge in [-0.3, -0.25) is 0 Å². The van der Waals surface area contributed by atoms with Crippen LogP contribution in [0.4, 0.5) is 0 Å². The summed E-state index contributed by atoms with van der Waals surface area (Å²) in [4.78, 5) is 4.02. The number of aromatic nitrogens is 1. The van der Waals surface area contributed by atoms with Crippen molar-refractivity contribution >= 4 is 0 Å². The molecule has 1 aromatic rings. The van der Waals surface area contributed by atoms with Gasteiger partial charge in [0.1, 0.15) is 0 Å². The molecule has 0 saturated heterocycles. The van der Waals surface area contributed by atoms with Gasteiger partial charge in [-0.2, -0.15) is 0 Å². The molecule has 0 aliphatic rings. The Bertz CT molecular complexity index is 292. The molecule has 0 spiro atoms. The molecule has 0 bridgehead atoms. The van der Waals surface area contributed by atoms with Crippen LogP contribution in [0.1, 0.15) is 26.3 Å². The Morgan fingerprint density at radius 3 is 2.64 bits per heavy atom. The molecule has 0 amide bonds. The van der Waals surface area contributed by atoms with Gasteiger partial charge in [-0.05, 0) is 32.4 Å². The van der Waals surface area contributed by atoms with Gasteiger partial charge < -0.3 is 9.47 Å². The number of pyridine rings is 1. The summed E-state index contributed by atoms with van der Waals surface area (Å²) in [6, 6.07) is 3.81. The van der Waals surface area contributed by atoms with E-state index in [1.54, 1.807) is 13.3 Å². The maximum atomic E-state index is 5.63. The van der Waals surface area contributed by atoms with Crippen LogP contribution in [0, 0.1) is 0 Å². The molecule has 0 unspecified atom stereocenters. The van der Waals surface area contributed by atoms with Crippen molar-refractivity contribution < 1.29 is 9.47 Å². The third-order valence-electron chi connectivity index (χ3n) is 1.68. The fourth-order valence-corrected chi connectivity index (χ4v) is 0.952. The Morgan fingerprint density at radius 2 is 2.07 bits per heavy atom. The standard InChI is InChI=1S/C11H17NO2/c1-11(2,3)14-8-9-5-6-12-10(7-9)13-4/h5-7H,8H2,1-4H3. The van der Waals surface area contributed by atoms with Gasteiger partial charge in [0.25, 0.3) is 0 Å². The molecule has 0 saturated carbocycles. The summed E-state index contributed by atoms with van der Waals surface area (Å²) in [5.41, 5.74) is 0.961. The maximum absolute atomic E-state index is 5.63. The highest BCUT2D eigenvalue weighted by Gasteiger charge is 2.10. The highest BCUT2D eigenvalue weighted by Crippen LogP contribution is 2.14. The normalized spacial score (nSPS) is 11.4. The van der Waals surface area contributed by atoms with Crippen LogP contribution in [-0.4, -0.2) is 17.7 Å². The van der Waals surface area contributed by atoms with E-state index in [4.69, 9.17) is 9.47 Å². The lowest BCUT2D eigenvalue weighted by molar-refractivity contribution is -0.0150. The van der Waals surface area contributed by atoms with Crippen LogP contribution >= 0.6 is 0 Å². The molecular formula is C11H17NO2. The van der Waals surface area contributed by atoms with E-state index in [-0.39, 0.29) is 5.60 Å². The average molecular weight is 195 g/mol. The van der Waals surface area contributed by atoms with Crippen molar-refractivity contribution in [3.05, 3.63) is 23.9 Å². The van der Waals surface area contributed by atoms with E-state index < -0.39 is 0 Å². The summed E-state index contributed by atoms with van der Waals surface area (Å²) in [5, 5.41) is 0. The van der Waals surface area contributed by atoms with Gasteiger partial charge in [-0.15, -0.1) is 0 Å². The van der Waals surface area contributed by atoms with Crippen LogP contribution in [0.5, 0.6) is 5.88 Å². The smallest absolute Gasteiger partial charge is 0.213 e. The monoisotopic (exact) mass is 195 g/mol.